The molecule has 1 aromatic carbocycles. The summed E-state index contributed by atoms with van der Waals surface area (Å²) in [6.07, 6.45) is 2.83. The summed E-state index contributed by atoms with van der Waals surface area (Å²) in [4.78, 5) is 0.213. The van der Waals surface area contributed by atoms with Gasteiger partial charge in [0.15, 0.2) is 0 Å². The molecule has 1 fully saturated rings. The summed E-state index contributed by atoms with van der Waals surface area (Å²) >= 11 is 0. The first-order valence-corrected chi connectivity index (χ1v) is 8.75. The van der Waals surface area contributed by atoms with Gasteiger partial charge in [0.1, 0.15) is 10.6 Å². The number of nitrogens with two attached hydrogens (primary N) is 1. The Hall–Kier alpha value is -1.11. The molecule has 0 aliphatic heterocycles. The van der Waals surface area contributed by atoms with Gasteiger partial charge in [-0.25, -0.2) is 13.1 Å². The molecule has 1 aliphatic carbocycles. The third kappa shape index (κ3) is 3.39. The summed E-state index contributed by atoms with van der Waals surface area (Å²) in [6.45, 7) is 4.24. The third-order valence-corrected chi connectivity index (χ3v) is 5.64. The van der Waals surface area contributed by atoms with Gasteiger partial charge in [-0.2, -0.15) is 0 Å². The van der Waals surface area contributed by atoms with E-state index in [2.05, 4.69) is 4.72 Å². The molecule has 21 heavy (non-hydrogen) atoms. The van der Waals surface area contributed by atoms with E-state index in [-0.39, 0.29) is 16.9 Å². The van der Waals surface area contributed by atoms with E-state index in [1.165, 1.54) is 7.11 Å². The molecule has 0 aromatic heterocycles. The Balaban J connectivity index is 2.36. The molecule has 6 heteroatoms. The van der Waals surface area contributed by atoms with Crippen molar-refractivity contribution in [1.82, 2.24) is 4.72 Å². The fourth-order valence-corrected chi connectivity index (χ4v) is 4.78. The maximum absolute atomic E-state index is 12.7. The van der Waals surface area contributed by atoms with Crippen LogP contribution in [-0.2, 0) is 10.0 Å². The molecule has 0 heterocycles. The molecule has 5 nitrogen and oxygen atoms in total. The van der Waals surface area contributed by atoms with Crippen molar-refractivity contribution in [1.29, 1.82) is 0 Å². The van der Waals surface area contributed by atoms with Crippen molar-refractivity contribution in [3.05, 3.63) is 23.3 Å². The summed E-state index contributed by atoms with van der Waals surface area (Å²) in [5.41, 5.74) is 7.44. The lowest BCUT2D eigenvalue weighted by atomic mass is 10.1. The van der Waals surface area contributed by atoms with E-state index < -0.39 is 10.0 Å². The molecule has 1 aliphatic rings. The van der Waals surface area contributed by atoms with Crippen LogP contribution in [-0.4, -0.2) is 28.1 Å². The largest absolute Gasteiger partial charge is 0.495 e. The van der Waals surface area contributed by atoms with Crippen molar-refractivity contribution in [2.45, 2.75) is 44.0 Å². The van der Waals surface area contributed by atoms with Crippen molar-refractivity contribution in [2.24, 2.45) is 11.7 Å². The highest BCUT2D eigenvalue weighted by atomic mass is 32.2. The van der Waals surface area contributed by atoms with Crippen molar-refractivity contribution >= 4 is 10.0 Å². The Morgan fingerprint density at radius 3 is 2.67 bits per heavy atom. The smallest absolute Gasteiger partial charge is 0.244 e. The number of hydrogen-bond acceptors (Lipinski definition) is 4. The van der Waals surface area contributed by atoms with Crippen LogP contribution in [0, 0.1) is 19.8 Å². The molecule has 0 radical (unpaired) electrons. The number of aryl methyl sites for hydroxylation is 2. The number of nitrogens with one attached hydrogen (secondary N) is 1. The minimum Gasteiger partial charge on any atom is -0.495 e. The lowest BCUT2D eigenvalue weighted by Crippen LogP contribution is -2.40. The van der Waals surface area contributed by atoms with Crippen LogP contribution in [0.15, 0.2) is 17.0 Å². The number of benzene rings is 1. The zero-order valence-electron chi connectivity index (χ0n) is 12.8. The monoisotopic (exact) mass is 312 g/mol. The van der Waals surface area contributed by atoms with Crippen molar-refractivity contribution in [3.8, 4) is 5.75 Å². The number of methoxy groups -OCH3 is 1. The second kappa shape index (κ2) is 6.34. The molecule has 1 saturated carbocycles. The van der Waals surface area contributed by atoms with Gasteiger partial charge in [-0.05, 0) is 56.3 Å². The van der Waals surface area contributed by atoms with Crippen LogP contribution in [0.4, 0.5) is 0 Å². The summed E-state index contributed by atoms with van der Waals surface area (Å²) < 4.78 is 33.5. The van der Waals surface area contributed by atoms with Crippen LogP contribution >= 0.6 is 0 Å². The Morgan fingerprint density at radius 1 is 1.33 bits per heavy atom. The molecule has 0 saturated heterocycles. The Morgan fingerprint density at radius 2 is 2.05 bits per heavy atom. The maximum Gasteiger partial charge on any atom is 0.244 e. The zero-order chi connectivity index (χ0) is 15.6. The summed E-state index contributed by atoms with van der Waals surface area (Å²) in [7, 11) is -2.11. The molecular formula is C15H24N2O3S. The summed E-state index contributed by atoms with van der Waals surface area (Å²) in [5, 5.41) is 0. The lowest BCUT2D eigenvalue weighted by Gasteiger charge is -2.21. The molecule has 2 atom stereocenters. The van der Waals surface area contributed by atoms with Gasteiger partial charge in [0.25, 0.3) is 0 Å². The van der Waals surface area contributed by atoms with Crippen molar-refractivity contribution < 1.29 is 13.2 Å². The van der Waals surface area contributed by atoms with E-state index in [1.54, 1.807) is 6.07 Å². The SMILES string of the molecule is COc1c(C)cc(C)cc1S(=O)(=O)NC1CCCC1CN. The predicted molar refractivity (Wildman–Crippen MR) is 83.0 cm³/mol. The Kier molecular flexibility index (Phi) is 4.91. The highest BCUT2D eigenvalue weighted by Crippen LogP contribution is 2.31. The van der Waals surface area contributed by atoms with Crippen LogP contribution in [0.3, 0.4) is 0 Å². The van der Waals surface area contributed by atoms with E-state index in [1.807, 2.05) is 19.9 Å². The fourth-order valence-electron chi connectivity index (χ4n) is 3.11. The fraction of sp³-hybridized carbons (Fsp3) is 0.600. The normalized spacial score (nSPS) is 22.5. The Bertz CT molecular complexity index is 614. The van der Waals surface area contributed by atoms with Gasteiger partial charge in [0.05, 0.1) is 7.11 Å². The minimum absolute atomic E-state index is 0.0782. The molecule has 0 bridgehead atoms. The quantitative estimate of drug-likeness (QED) is 0.867. The van der Waals surface area contributed by atoms with E-state index in [4.69, 9.17) is 10.5 Å². The average Bonchev–Trinajstić information content (AvgIpc) is 2.84. The van der Waals surface area contributed by atoms with Gasteiger partial charge >= 0.3 is 0 Å². The van der Waals surface area contributed by atoms with E-state index in [9.17, 15) is 8.42 Å². The van der Waals surface area contributed by atoms with E-state index >= 15 is 0 Å². The maximum atomic E-state index is 12.7. The van der Waals surface area contributed by atoms with E-state index in [0.29, 0.717) is 12.3 Å². The second-order valence-corrected chi connectivity index (χ2v) is 7.45. The molecule has 2 unspecified atom stereocenters. The van der Waals surface area contributed by atoms with Crippen LogP contribution in [0.25, 0.3) is 0 Å². The van der Waals surface area contributed by atoms with Crippen LogP contribution in [0.5, 0.6) is 5.75 Å². The molecule has 2 rings (SSSR count). The summed E-state index contributed by atoms with van der Waals surface area (Å²) in [6, 6.07) is 3.49. The number of sulfonamides is 1. The highest BCUT2D eigenvalue weighted by molar-refractivity contribution is 7.89. The second-order valence-electron chi connectivity index (χ2n) is 5.77. The van der Waals surface area contributed by atoms with Crippen LogP contribution in [0.2, 0.25) is 0 Å². The van der Waals surface area contributed by atoms with Gasteiger partial charge in [0, 0.05) is 6.04 Å². The molecule has 0 amide bonds. The van der Waals surface area contributed by atoms with Gasteiger partial charge in [-0.3, -0.25) is 0 Å². The van der Waals surface area contributed by atoms with Gasteiger partial charge in [-0.15, -0.1) is 0 Å². The predicted octanol–water partition coefficient (Wildman–Crippen LogP) is 1.72. The first-order chi connectivity index (χ1) is 9.89. The van der Waals surface area contributed by atoms with Crippen LogP contribution < -0.4 is 15.2 Å². The zero-order valence-corrected chi connectivity index (χ0v) is 13.7. The first kappa shape index (κ1) is 16.3. The molecule has 3 N–H and O–H groups in total. The van der Waals surface area contributed by atoms with Gasteiger partial charge < -0.3 is 10.5 Å². The summed E-state index contributed by atoms with van der Waals surface area (Å²) in [5.74, 6) is 0.632. The third-order valence-electron chi connectivity index (χ3n) is 4.15. The Labute approximate surface area is 126 Å². The molecule has 118 valence electrons. The van der Waals surface area contributed by atoms with Crippen LogP contribution in [0.1, 0.15) is 30.4 Å². The lowest BCUT2D eigenvalue weighted by molar-refractivity contribution is 0.397. The molecule has 1 aromatic rings. The topological polar surface area (TPSA) is 81.4 Å². The number of hydrogen-bond donors (Lipinski definition) is 2. The van der Waals surface area contributed by atoms with E-state index in [0.717, 1.165) is 30.4 Å². The number of rotatable bonds is 5. The van der Waals surface area contributed by atoms with Crippen molar-refractivity contribution in [2.75, 3.05) is 13.7 Å². The van der Waals surface area contributed by atoms with Gasteiger partial charge in [-0.1, -0.05) is 12.5 Å². The molecule has 0 spiro atoms. The number of ether oxygens (including phenoxy) is 1. The molecular weight excluding hydrogens is 288 g/mol. The van der Waals surface area contributed by atoms with Gasteiger partial charge in [0.2, 0.25) is 10.0 Å². The standard InChI is InChI=1S/C15H24N2O3S/c1-10-7-11(2)15(20-3)14(8-10)21(18,19)17-13-6-4-5-12(13)9-16/h7-8,12-13,17H,4-6,9,16H2,1-3H3. The highest BCUT2D eigenvalue weighted by Gasteiger charge is 2.32. The van der Waals surface area contributed by atoms with Crippen molar-refractivity contribution in [3.63, 3.8) is 0 Å². The first-order valence-electron chi connectivity index (χ1n) is 7.26. The minimum atomic E-state index is -3.61. The average molecular weight is 312 g/mol.